The topological polar surface area (TPSA) is 83.6 Å². The van der Waals surface area contributed by atoms with Crippen LogP contribution in [0, 0.1) is 10.1 Å². The molecule has 0 unspecified atom stereocenters. The first-order chi connectivity index (χ1) is 14.3. The smallest absolute Gasteiger partial charge is 0.297 e. The number of hydrogen-bond acceptors (Lipinski definition) is 5. The maximum absolute atomic E-state index is 13.4. The fraction of sp³-hybridized carbons (Fsp3) is 0.522. The Morgan fingerprint density at radius 3 is 2.50 bits per heavy atom. The van der Waals surface area contributed by atoms with Gasteiger partial charge in [0.1, 0.15) is 0 Å². The van der Waals surface area contributed by atoms with Crippen molar-refractivity contribution in [3.63, 3.8) is 0 Å². The van der Waals surface area contributed by atoms with Crippen LogP contribution in [0.25, 0.3) is 10.9 Å². The van der Waals surface area contributed by atoms with Gasteiger partial charge in [-0.15, -0.1) is 0 Å². The summed E-state index contributed by atoms with van der Waals surface area (Å²) in [6.07, 6.45) is 6.21. The van der Waals surface area contributed by atoms with Gasteiger partial charge in [0.05, 0.1) is 22.3 Å². The van der Waals surface area contributed by atoms with Crippen molar-refractivity contribution >= 4 is 16.6 Å². The van der Waals surface area contributed by atoms with E-state index in [-0.39, 0.29) is 23.1 Å². The molecule has 30 heavy (non-hydrogen) atoms. The number of benzene rings is 1. The van der Waals surface area contributed by atoms with Gasteiger partial charge < -0.3 is 14.0 Å². The second kappa shape index (κ2) is 10.8. The first kappa shape index (κ1) is 23.4. The zero-order valence-electron chi connectivity index (χ0n) is 18.6. The van der Waals surface area contributed by atoms with Crippen molar-refractivity contribution in [2.24, 2.45) is 0 Å². The van der Waals surface area contributed by atoms with Crippen molar-refractivity contribution in [2.45, 2.75) is 79.4 Å². The molecule has 0 fully saturated rings. The molecule has 7 heteroatoms. The van der Waals surface area contributed by atoms with E-state index in [1.165, 1.54) is 12.1 Å². The molecular formula is C23H32N2O5. The Bertz CT molecular complexity index is 976. The van der Waals surface area contributed by atoms with Crippen LogP contribution >= 0.6 is 0 Å². The van der Waals surface area contributed by atoms with Crippen LogP contribution in [0.5, 0.6) is 11.5 Å². The van der Waals surface area contributed by atoms with Crippen LogP contribution in [0.2, 0.25) is 0 Å². The normalized spacial score (nSPS) is 11.9. The molecule has 2 aromatic rings. The molecule has 0 saturated carbocycles. The lowest BCUT2D eigenvalue weighted by atomic mass is 10.1. The minimum Gasteiger partial charge on any atom is -0.482 e. The van der Waals surface area contributed by atoms with Gasteiger partial charge in [0, 0.05) is 30.5 Å². The molecule has 0 saturated heterocycles. The Morgan fingerprint density at radius 1 is 1.20 bits per heavy atom. The largest absolute Gasteiger partial charge is 0.482 e. The fourth-order valence-electron chi connectivity index (χ4n) is 3.33. The number of aryl methyl sites for hydroxylation is 1. The monoisotopic (exact) mass is 416 g/mol. The highest BCUT2D eigenvalue weighted by Gasteiger charge is 2.23. The number of fused-ring (bicyclic) bond motifs is 1. The molecule has 0 spiro atoms. The highest BCUT2D eigenvalue weighted by atomic mass is 16.6. The van der Waals surface area contributed by atoms with Crippen LogP contribution in [0.1, 0.15) is 66.7 Å². The van der Waals surface area contributed by atoms with Gasteiger partial charge in [-0.3, -0.25) is 14.9 Å². The molecule has 2 rings (SSSR count). The third kappa shape index (κ3) is 5.40. The summed E-state index contributed by atoms with van der Waals surface area (Å²) in [6.45, 7) is 10.1. The van der Waals surface area contributed by atoms with Gasteiger partial charge >= 0.3 is 0 Å². The number of pyridine rings is 1. The minimum atomic E-state index is -0.451. The van der Waals surface area contributed by atoms with Crippen LogP contribution in [-0.2, 0) is 6.54 Å². The van der Waals surface area contributed by atoms with Gasteiger partial charge in [0.25, 0.3) is 11.2 Å². The second-order valence-corrected chi connectivity index (χ2v) is 7.51. The zero-order chi connectivity index (χ0) is 22.3. The summed E-state index contributed by atoms with van der Waals surface area (Å²) in [5.41, 5.74) is 0.104. The van der Waals surface area contributed by atoms with Crippen molar-refractivity contribution in [3.05, 3.63) is 50.5 Å². The van der Waals surface area contributed by atoms with E-state index in [1.807, 2.05) is 33.8 Å². The summed E-state index contributed by atoms with van der Waals surface area (Å²) in [4.78, 5) is 24.3. The number of nitro benzene ring substituents is 1. The van der Waals surface area contributed by atoms with Gasteiger partial charge in [-0.1, -0.05) is 33.1 Å². The Morgan fingerprint density at radius 2 is 1.93 bits per heavy atom. The SMILES string of the molecule is CC=C(CC)Oc1c(OC(C)C)c(=O)n(CCCCCC)c2cc([N+](=O)[O-])ccc12. The van der Waals surface area contributed by atoms with Crippen molar-refractivity contribution < 1.29 is 14.4 Å². The van der Waals surface area contributed by atoms with Crippen molar-refractivity contribution in [3.8, 4) is 11.5 Å². The van der Waals surface area contributed by atoms with Crippen LogP contribution in [0.3, 0.4) is 0 Å². The first-order valence-electron chi connectivity index (χ1n) is 10.7. The number of non-ortho nitro benzene ring substituents is 1. The third-order valence-corrected chi connectivity index (χ3v) is 4.87. The van der Waals surface area contributed by atoms with E-state index in [2.05, 4.69) is 6.92 Å². The van der Waals surface area contributed by atoms with Crippen LogP contribution < -0.4 is 15.0 Å². The number of allylic oxidation sites excluding steroid dienone is 2. The average Bonchev–Trinajstić information content (AvgIpc) is 2.72. The van der Waals surface area contributed by atoms with E-state index in [4.69, 9.17) is 9.47 Å². The van der Waals surface area contributed by atoms with Crippen molar-refractivity contribution in [1.82, 2.24) is 4.57 Å². The Balaban J connectivity index is 2.78. The Labute approximate surface area is 177 Å². The van der Waals surface area contributed by atoms with Crippen LogP contribution in [-0.4, -0.2) is 15.6 Å². The van der Waals surface area contributed by atoms with E-state index < -0.39 is 4.92 Å². The molecule has 0 aliphatic heterocycles. The summed E-state index contributed by atoms with van der Waals surface area (Å²) in [6, 6.07) is 4.52. The molecule has 0 aliphatic rings. The average molecular weight is 417 g/mol. The highest BCUT2D eigenvalue weighted by Crippen LogP contribution is 2.36. The minimum absolute atomic E-state index is 0.0607. The molecule has 0 atom stereocenters. The summed E-state index contributed by atoms with van der Waals surface area (Å²) in [7, 11) is 0. The lowest BCUT2D eigenvalue weighted by Crippen LogP contribution is -2.25. The molecular weight excluding hydrogens is 384 g/mol. The molecule has 164 valence electrons. The van der Waals surface area contributed by atoms with Gasteiger partial charge in [0.15, 0.2) is 5.75 Å². The molecule has 0 radical (unpaired) electrons. The summed E-state index contributed by atoms with van der Waals surface area (Å²) in [5, 5.41) is 12.0. The predicted octanol–water partition coefficient (Wildman–Crippen LogP) is 5.97. The van der Waals surface area contributed by atoms with Gasteiger partial charge in [-0.25, -0.2) is 0 Å². The first-order valence-corrected chi connectivity index (χ1v) is 10.7. The number of nitrogens with zero attached hydrogens (tertiary/aromatic N) is 2. The molecule has 0 amide bonds. The number of hydrogen-bond donors (Lipinski definition) is 0. The quantitative estimate of drug-likeness (QED) is 0.195. The summed E-state index contributed by atoms with van der Waals surface area (Å²) < 4.78 is 13.6. The maximum Gasteiger partial charge on any atom is 0.297 e. The van der Waals surface area contributed by atoms with Gasteiger partial charge in [0.2, 0.25) is 5.75 Å². The van der Waals surface area contributed by atoms with Gasteiger partial charge in [-0.2, -0.15) is 0 Å². The van der Waals surface area contributed by atoms with E-state index in [0.29, 0.717) is 35.4 Å². The van der Waals surface area contributed by atoms with Crippen molar-refractivity contribution in [1.29, 1.82) is 0 Å². The fourth-order valence-corrected chi connectivity index (χ4v) is 3.33. The molecule has 0 bridgehead atoms. The Kier molecular flexibility index (Phi) is 8.45. The number of nitro groups is 1. The van der Waals surface area contributed by atoms with Crippen LogP contribution in [0.4, 0.5) is 5.69 Å². The summed E-state index contributed by atoms with van der Waals surface area (Å²) >= 11 is 0. The number of rotatable bonds is 11. The number of unbranched alkanes of at least 4 members (excludes halogenated alkanes) is 3. The molecule has 1 heterocycles. The third-order valence-electron chi connectivity index (χ3n) is 4.87. The van der Waals surface area contributed by atoms with E-state index in [9.17, 15) is 14.9 Å². The standard InChI is InChI=1S/C23H32N2O5/c1-6-9-10-11-14-24-20-15-17(25(27)28)12-13-19(20)21(30-18(7-2)8-3)22(23(24)26)29-16(4)5/h7,12-13,15-16H,6,8-11,14H2,1-5H3. The second-order valence-electron chi connectivity index (χ2n) is 7.51. The number of aromatic nitrogens is 1. The molecule has 1 aromatic carbocycles. The van der Waals surface area contributed by atoms with E-state index >= 15 is 0 Å². The molecule has 0 N–H and O–H groups in total. The van der Waals surface area contributed by atoms with Gasteiger partial charge in [-0.05, 0) is 39.3 Å². The van der Waals surface area contributed by atoms with Crippen molar-refractivity contribution in [2.75, 3.05) is 0 Å². The van der Waals surface area contributed by atoms with E-state index in [1.54, 1.807) is 10.6 Å². The number of ether oxygens (including phenoxy) is 2. The molecule has 1 aromatic heterocycles. The predicted molar refractivity (Wildman–Crippen MR) is 119 cm³/mol. The molecule has 7 nitrogen and oxygen atoms in total. The summed E-state index contributed by atoms with van der Waals surface area (Å²) in [5.74, 6) is 1.16. The maximum atomic E-state index is 13.4. The highest BCUT2D eigenvalue weighted by molar-refractivity contribution is 5.89. The van der Waals surface area contributed by atoms with Crippen LogP contribution in [0.15, 0.2) is 34.8 Å². The lowest BCUT2D eigenvalue weighted by molar-refractivity contribution is -0.384. The lowest BCUT2D eigenvalue weighted by Gasteiger charge is -2.20. The Hall–Kier alpha value is -2.83. The van der Waals surface area contributed by atoms with E-state index in [0.717, 1.165) is 25.7 Å². The zero-order valence-corrected chi connectivity index (χ0v) is 18.6. The molecule has 0 aliphatic carbocycles.